The second kappa shape index (κ2) is 13.1. The molecule has 162 valence electrons. The second-order valence-corrected chi connectivity index (χ2v) is 8.32. The molecule has 0 amide bonds. The highest BCUT2D eigenvalue weighted by Crippen LogP contribution is 2.39. The van der Waals surface area contributed by atoms with Gasteiger partial charge in [-0.25, -0.2) is 0 Å². The average molecular weight is 423 g/mol. The van der Waals surface area contributed by atoms with E-state index in [0.717, 1.165) is 32.1 Å². The van der Waals surface area contributed by atoms with Crippen molar-refractivity contribution in [1.82, 2.24) is 0 Å². The minimum atomic E-state index is -0.772. The van der Waals surface area contributed by atoms with Crippen molar-refractivity contribution < 1.29 is 24.6 Å². The summed E-state index contributed by atoms with van der Waals surface area (Å²) in [6, 6.07) is 10.3. The molecule has 0 aliphatic heterocycles. The number of carboxylic acid groups (broad SMARTS) is 1. The summed E-state index contributed by atoms with van der Waals surface area (Å²) in [6.07, 6.45) is 9.39. The maximum atomic E-state index is 10.5. The van der Waals surface area contributed by atoms with Crippen molar-refractivity contribution >= 4 is 15.4 Å². The van der Waals surface area contributed by atoms with Crippen molar-refractivity contribution in [1.29, 1.82) is 0 Å². The highest BCUT2D eigenvalue weighted by molar-refractivity contribution is 7.09. The maximum absolute atomic E-state index is 10.5. The van der Waals surface area contributed by atoms with Gasteiger partial charge in [0.2, 0.25) is 0 Å². The summed E-state index contributed by atoms with van der Waals surface area (Å²) >= 11 is 0. The van der Waals surface area contributed by atoms with Crippen LogP contribution in [-0.4, -0.2) is 39.6 Å². The number of carbonyl (C=O) groups is 1. The van der Waals surface area contributed by atoms with E-state index in [-0.39, 0.29) is 24.4 Å². The van der Waals surface area contributed by atoms with Gasteiger partial charge in [-0.15, -0.1) is 0 Å². The van der Waals surface area contributed by atoms with Gasteiger partial charge in [-0.3, -0.25) is 4.79 Å². The standard InChI is InChI=1S/C23H35O5P/c24-21-16-22(25)20(19(21)10-6-1-2-7-11-23(26)27)15-14-18(28-29)13-12-17-8-4-3-5-9-17/h1,3-6,8-9,18-22,24-25H,2,7,10-16,29H2,(H,26,27)/b6-1-/t18-,19-,20-,21+,22-/m1/s1. The third kappa shape index (κ3) is 8.55. The Labute approximate surface area is 176 Å². The van der Waals surface area contributed by atoms with Crippen LogP contribution in [0, 0.1) is 11.8 Å². The Kier molecular flexibility index (Phi) is 10.9. The van der Waals surface area contributed by atoms with Crippen LogP contribution in [0.25, 0.3) is 0 Å². The van der Waals surface area contributed by atoms with Crippen molar-refractivity contribution in [3.05, 3.63) is 48.0 Å². The maximum Gasteiger partial charge on any atom is 0.303 e. The number of aryl methyl sites for hydroxylation is 1. The van der Waals surface area contributed by atoms with E-state index in [4.69, 9.17) is 9.63 Å². The van der Waals surface area contributed by atoms with Crippen LogP contribution in [-0.2, 0) is 15.7 Å². The Morgan fingerprint density at radius 1 is 1.14 bits per heavy atom. The van der Waals surface area contributed by atoms with Crippen LogP contribution in [0.3, 0.4) is 0 Å². The number of carboxylic acids is 1. The number of aliphatic carboxylic acids is 1. The first kappa shape index (κ1) is 24.0. The van der Waals surface area contributed by atoms with Crippen molar-refractivity contribution in [3.63, 3.8) is 0 Å². The predicted molar refractivity (Wildman–Crippen MR) is 117 cm³/mol. The molecule has 1 fully saturated rings. The highest BCUT2D eigenvalue weighted by Gasteiger charge is 2.40. The fraction of sp³-hybridized carbons (Fsp3) is 0.609. The van der Waals surface area contributed by atoms with Crippen LogP contribution in [0.15, 0.2) is 42.5 Å². The molecule has 1 aromatic carbocycles. The van der Waals surface area contributed by atoms with Gasteiger partial charge in [0.05, 0.1) is 18.3 Å². The fourth-order valence-corrected chi connectivity index (χ4v) is 4.55. The van der Waals surface area contributed by atoms with Crippen LogP contribution in [0.2, 0.25) is 0 Å². The lowest BCUT2D eigenvalue weighted by atomic mass is 9.85. The molecule has 2 rings (SSSR count). The number of benzene rings is 1. The molecule has 5 nitrogen and oxygen atoms in total. The highest BCUT2D eigenvalue weighted by atomic mass is 31.0. The summed E-state index contributed by atoms with van der Waals surface area (Å²) in [5, 5.41) is 29.5. The fourth-order valence-electron chi connectivity index (χ4n) is 4.28. The van der Waals surface area contributed by atoms with Gasteiger partial charge in [0.1, 0.15) is 0 Å². The molecule has 0 heterocycles. The molecular formula is C23H35O5P. The lowest BCUT2D eigenvalue weighted by molar-refractivity contribution is -0.137. The minimum Gasteiger partial charge on any atom is -0.481 e. The van der Waals surface area contributed by atoms with Gasteiger partial charge in [0, 0.05) is 15.9 Å². The molecule has 1 aliphatic rings. The first-order valence-corrected chi connectivity index (χ1v) is 11.1. The van der Waals surface area contributed by atoms with Crippen LogP contribution in [0.4, 0.5) is 0 Å². The molecule has 6 heteroatoms. The summed E-state index contributed by atoms with van der Waals surface area (Å²) in [5.41, 5.74) is 1.29. The molecule has 0 bridgehead atoms. The van der Waals surface area contributed by atoms with Crippen molar-refractivity contribution in [2.45, 2.75) is 76.1 Å². The van der Waals surface area contributed by atoms with E-state index < -0.39 is 18.2 Å². The zero-order valence-corrected chi connectivity index (χ0v) is 18.2. The molecule has 29 heavy (non-hydrogen) atoms. The summed E-state index contributed by atoms with van der Waals surface area (Å²) < 4.78 is 5.58. The van der Waals surface area contributed by atoms with Gasteiger partial charge in [-0.1, -0.05) is 42.5 Å². The lowest BCUT2D eigenvalue weighted by Crippen LogP contribution is -2.23. The summed E-state index contributed by atoms with van der Waals surface area (Å²) in [6.45, 7) is 0. The summed E-state index contributed by atoms with van der Waals surface area (Å²) in [7, 11) is 2.37. The van der Waals surface area contributed by atoms with Crippen LogP contribution in [0.5, 0.6) is 0 Å². The second-order valence-electron chi connectivity index (χ2n) is 8.05. The van der Waals surface area contributed by atoms with E-state index in [2.05, 4.69) is 21.6 Å². The molecule has 3 N–H and O–H groups in total. The molecule has 1 aromatic rings. The molecule has 0 radical (unpaired) electrons. The Hall–Kier alpha value is -1.26. The van der Waals surface area contributed by atoms with Crippen molar-refractivity contribution in [2.24, 2.45) is 11.8 Å². The van der Waals surface area contributed by atoms with Crippen molar-refractivity contribution in [3.8, 4) is 0 Å². The number of hydrogen-bond acceptors (Lipinski definition) is 4. The molecule has 1 saturated carbocycles. The molecule has 0 aromatic heterocycles. The summed E-state index contributed by atoms with van der Waals surface area (Å²) in [5.74, 6) is -0.668. The quantitative estimate of drug-likeness (QED) is 0.253. The van der Waals surface area contributed by atoms with E-state index in [0.29, 0.717) is 19.3 Å². The first-order chi connectivity index (χ1) is 14.0. The zero-order valence-electron chi connectivity index (χ0n) is 17.0. The Morgan fingerprint density at radius 2 is 1.86 bits per heavy atom. The van der Waals surface area contributed by atoms with E-state index in [1.807, 2.05) is 30.4 Å². The summed E-state index contributed by atoms with van der Waals surface area (Å²) in [4.78, 5) is 10.5. The Balaban J connectivity index is 1.79. The largest absolute Gasteiger partial charge is 0.481 e. The van der Waals surface area contributed by atoms with Gasteiger partial charge < -0.3 is 19.8 Å². The van der Waals surface area contributed by atoms with Gasteiger partial charge >= 0.3 is 5.97 Å². The third-order valence-corrected chi connectivity index (χ3v) is 6.35. The molecule has 1 aliphatic carbocycles. The smallest absolute Gasteiger partial charge is 0.303 e. The van der Waals surface area contributed by atoms with Gasteiger partial charge in [0.25, 0.3) is 0 Å². The number of allylic oxidation sites excluding steroid dienone is 2. The zero-order chi connectivity index (χ0) is 21.1. The number of hydrogen-bond donors (Lipinski definition) is 3. The Morgan fingerprint density at radius 3 is 2.55 bits per heavy atom. The van der Waals surface area contributed by atoms with Gasteiger partial charge in [0.15, 0.2) is 0 Å². The van der Waals surface area contributed by atoms with E-state index in [9.17, 15) is 15.0 Å². The van der Waals surface area contributed by atoms with Crippen LogP contribution in [0.1, 0.15) is 56.9 Å². The normalized spacial score (nSPS) is 25.5. The SMILES string of the molecule is O=C(O)CCC/C=C\C[C@@H]1[C@@H](CC[C@@H](CCc2ccccc2)OP)[C@H](O)C[C@@H]1O. The monoisotopic (exact) mass is 422 g/mol. The van der Waals surface area contributed by atoms with Gasteiger partial charge in [-0.05, 0) is 68.8 Å². The number of aliphatic hydroxyl groups excluding tert-OH is 2. The van der Waals surface area contributed by atoms with E-state index >= 15 is 0 Å². The number of unbranched alkanes of at least 4 members (excludes halogenated alkanes) is 1. The molecule has 0 spiro atoms. The van der Waals surface area contributed by atoms with Gasteiger partial charge in [-0.2, -0.15) is 0 Å². The average Bonchev–Trinajstić information content (AvgIpc) is 2.98. The first-order valence-electron chi connectivity index (χ1n) is 10.6. The van der Waals surface area contributed by atoms with Crippen LogP contribution >= 0.6 is 9.47 Å². The number of aliphatic hydroxyl groups is 2. The molecule has 6 atom stereocenters. The lowest BCUT2D eigenvalue weighted by Gasteiger charge is -2.24. The Bertz CT molecular complexity index is 621. The van der Waals surface area contributed by atoms with Crippen LogP contribution < -0.4 is 0 Å². The predicted octanol–water partition coefficient (Wildman–Crippen LogP) is 4.13. The minimum absolute atomic E-state index is 0.0417. The molecule has 0 saturated heterocycles. The van der Waals surface area contributed by atoms with E-state index in [1.54, 1.807) is 0 Å². The van der Waals surface area contributed by atoms with E-state index in [1.165, 1.54) is 5.56 Å². The number of rotatable bonds is 13. The molecular weight excluding hydrogens is 387 g/mol. The molecule has 1 unspecified atom stereocenters. The third-order valence-electron chi connectivity index (χ3n) is 5.97. The topological polar surface area (TPSA) is 87.0 Å². The van der Waals surface area contributed by atoms with Crippen molar-refractivity contribution in [2.75, 3.05) is 0 Å².